The lowest BCUT2D eigenvalue weighted by molar-refractivity contribution is -0.134. The van der Waals surface area contributed by atoms with Crippen LogP contribution >= 0.6 is 0 Å². The molecule has 4 nitrogen and oxygen atoms in total. The molecule has 0 N–H and O–H groups in total. The molecule has 1 aromatic rings. The van der Waals surface area contributed by atoms with E-state index in [9.17, 15) is 4.79 Å². The number of allylic oxidation sites excluding steroid dienone is 2. The smallest absolute Gasteiger partial charge is 0.247 e. The summed E-state index contributed by atoms with van der Waals surface area (Å²) in [6.07, 6.45) is 11.2. The van der Waals surface area contributed by atoms with E-state index in [1.807, 2.05) is 12.3 Å². The van der Waals surface area contributed by atoms with Crippen molar-refractivity contribution in [3.8, 4) is 0 Å². The normalized spacial score (nSPS) is 27.3. The van der Waals surface area contributed by atoms with Crippen molar-refractivity contribution in [1.82, 2.24) is 14.7 Å². The van der Waals surface area contributed by atoms with Crippen LogP contribution in [0.3, 0.4) is 0 Å². The number of amides is 1. The highest BCUT2D eigenvalue weighted by Gasteiger charge is 2.37. The van der Waals surface area contributed by atoms with Crippen LogP contribution in [0.15, 0.2) is 30.6 Å². The lowest BCUT2D eigenvalue weighted by Crippen LogP contribution is -2.36. The molecule has 0 saturated carbocycles. The molecule has 1 saturated heterocycles. The highest BCUT2D eigenvalue weighted by molar-refractivity contribution is 5.80. The van der Waals surface area contributed by atoms with Gasteiger partial charge < -0.3 is 4.90 Å². The van der Waals surface area contributed by atoms with E-state index < -0.39 is 0 Å². The molecule has 0 spiro atoms. The Morgan fingerprint density at radius 1 is 1.32 bits per heavy atom. The quantitative estimate of drug-likeness (QED) is 0.781. The summed E-state index contributed by atoms with van der Waals surface area (Å²) < 4.78 is 1.79. The zero-order chi connectivity index (χ0) is 13.2. The highest BCUT2D eigenvalue weighted by atomic mass is 16.2. The second kappa shape index (κ2) is 5.19. The number of nitrogens with zero attached hydrogens (tertiary/aromatic N) is 3. The summed E-state index contributed by atoms with van der Waals surface area (Å²) in [6, 6.07) is 1.74. The van der Waals surface area contributed by atoms with Crippen LogP contribution in [0.1, 0.15) is 32.2 Å². The SMILES string of the molecule is CC[C@H](C(=O)N1C[C@H]2CC=CC[C@H]2C1)n1cccn1. The van der Waals surface area contributed by atoms with Crippen LogP contribution in [0.25, 0.3) is 0 Å². The molecule has 1 aliphatic heterocycles. The van der Waals surface area contributed by atoms with Crippen LogP contribution in [-0.2, 0) is 4.79 Å². The van der Waals surface area contributed by atoms with E-state index in [4.69, 9.17) is 0 Å². The van der Waals surface area contributed by atoms with Crippen molar-refractivity contribution in [3.05, 3.63) is 30.6 Å². The molecule has 3 atom stereocenters. The first kappa shape index (κ1) is 12.5. The molecule has 1 amide bonds. The van der Waals surface area contributed by atoms with Gasteiger partial charge >= 0.3 is 0 Å². The molecular formula is C15H21N3O. The van der Waals surface area contributed by atoms with E-state index in [0.29, 0.717) is 11.8 Å². The first-order valence-electron chi connectivity index (χ1n) is 7.22. The van der Waals surface area contributed by atoms with Crippen molar-refractivity contribution in [1.29, 1.82) is 0 Å². The molecule has 3 rings (SSSR count). The second-order valence-corrected chi connectivity index (χ2v) is 5.62. The third-order valence-corrected chi connectivity index (χ3v) is 4.45. The second-order valence-electron chi connectivity index (χ2n) is 5.62. The van der Waals surface area contributed by atoms with Crippen LogP contribution in [-0.4, -0.2) is 33.7 Å². The summed E-state index contributed by atoms with van der Waals surface area (Å²) in [4.78, 5) is 14.7. The maximum absolute atomic E-state index is 12.7. The molecule has 1 fully saturated rings. The summed E-state index contributed by atoms with van der Waals surface area (Å²) >= 11 is 0. The summed E-state index contributed by atoms with van der Waals surface area (Å²) in [5, 5.41) is 4.23. The zero-order valence-corrected chi connectivity index (χ0v) is 11.4. The van der Waals surface area contributed by atoms with Gasteiger partial charge in [0.2, 0.25) is 5.91 Å². The molecule has 102 valence electrons. The van der Waals surface area contributed by atoms with Crippen LogP contribution < -0.4 is 0 Å². The predicted molar refractivity (Wildman–Crippen MR) is 73.5 cm³/mol. The van der Waals surface area contributed by atoms with Gasteiger partial charge in [0.05, 0.1) is 0 Å². The molecule has 0 bridgehead atoms. The third-order valence-electron chi connectivity index (χ3n) is 4.45. The molecular weight excluding hydrogens is 238 g/mol. The van der Waals surface area contributed by atoms with Gasteiger partial charge in [0.15, 0.2) is 0 Å². The van der Waals surface area contributed by atoms with Crippen LogP contribution in [0.2, 0.25) is 0 Å². The van der Waals surface area contributed by atoms with Crippen molar-refractivity contribution in [3.63, 3.8) is 0 Å². The van der Waals surface area contributed by atoms with E-state index in [1.54, 1.807) is 10.9 Å². The topological polar surface area (TPSA) is 38.1 Å². The Morgan fingerprint density at radius 2 is 2.00 bits per heavy atom. The summed E-state index contributed by atoms with van der Waals surface area (Å²) in [7, 11) is 0. The fraction of sp³-hybridized carbons (Fsp3) is 0.600. The van der Waals surface area contributed by atoms with Crippen LogP contribution in [0.4, 0.5) is 0 Å². The predicted octanol–water partition coefficient (Wildman–Crippen LogP) is 2.26. The standard InChI is InChI=1S/C15H21N3O/c1-2-14(18-9-5-8-16-18)15(19)17-10-12-6-3-4-7-13(12)11-17/h3-5,8-9,12-14H,2,6-7,10-11H2,1H3/t12-,13+,14-/m1/s1. The van der Waals surface area contributed by atoms with E-state index >= 15 is 0 Å². The average Bonchev–Trinajstić information content (AvgIpc) is 3.08. The van der Waals surface area contributed by atoms with Gasteiger partial charge in [0, 0.05) is 25.5 Å². The summed E-state index contributed by atoms with van der Waals surface area (Å²) in [6.45, 7) is 3.89. The first-order valence-corrected chi connectivity index (χ1v) is 7.22. The molecule has 0 radical (unpaired) electrons. The first-order chi connectivity index (χ1) is 9.29. The minimum absolute atomic E-state index is 0.136. The Hall–Kier alpha value is -1.58. The van der Waals surface area contributed by atoms with Crippen LogP contribution in [0, 0.1) is 11.8 Å². The summed E-state index contributed by atoms with van der Waals surface area (Å²) in [5.41, 5.74) is 0. The van der Waals surface area contributed by atoms with Crippen LogP contribution in [0.5, 0.6) is 0 Å². The van der Waals surface area contributed by atoms with E-state index in [-0.39, 0.29) is 11.9 Å². The average molecular weight is 259 g/mol. The molecule has 4 heteroatoms. The van der Waals surface area contributed by atoms with Gasteiger partial charge in [-0.15, -0.1) is 0 Å². The number of rotatable bonds is 3. The van der Waals surface area contributed by atoms with Gasteiger partial charge in [-0.3, -0.25) is 9.48 Å². The van der Waals surface area contributed by atoms with Gasteiger partial charge in [-0.2, -0.15) is 5.10 Å². The molecule has 2 heterocycles. The number of carbonyl (C=O) groups excluding carboxylic acids is 1. The largest absolute Gasteiger partial charge is 0.340 e. The van der Waals surface area contributed by atoms with Gasteiger partial charge in [-0.05, 0) is 37.2 Å². The third kappa shape index (κ3) is 2.31. The highest BCUT2D eigenvalue weighted by Crippen LogP contribution is 2.34. The molecule has 0 unspecified atom stereocenters. The number of fused-ring (bicyclic) bond motifs is 1. The fourth-order valence-corrected chi connectivity index (χ4v) is 3.35. The number of likely N-dealkylation sites (tertiary alicyclic amines) is 1. The molecule has 0 aromatic carbocycles. The lowest BCUT2D eigenvalue weighted by atomic mass is 9.86. The number of carbonyl (C=O) groups is 1. The molecule has 1 aliphatic carbocycles. The Balaban J connectivity index is 1.71. The van der Waals surface area contributed by atoms with Crippen molar-refractivity contribution >= 4 is 5.91 Å². The number of hydrogen-bond donors (Lipinski definition) is 0. The van der Waals surface area contributed by atoms with Crippen molar-refractivity contribution < 1.29 is 4.79 Å². The maximum atomic E-state index is 12.7. The minimum Gasteiger partial charge on any atom is -0.340 e. The van der Waals surface area contributed by atoms with E-state index in [0.717, 1.165) is 32.4 Å². The fourth-order valence-electron chi connectivity index (χ4n) is 3.35. The van der Waals surface area contributed by atoms with E-state index in [1.165, 1.54) is 0 Å². The van der Waals surface area contributed by atoms with Crippen molar-refractivity contribution in [2.24, 2.45) is 11.8 Å². The molecule has 19 heavy (non-hydrogen) atoms. The Kier molecular flexibility index (Phi) is 3.40. The number of aromatic nitrogens is 2. The van der Waals surface area contributed by atoms with E-state index in [2.05, 4.69) is 29.1 Å². The lowest BCUT2D eigenvalue weighted by Gasteiger charge is -2.23. The summed E-state index contributed by atoms with van der Waals surface area (Å²) in [5.74, 6) is 1.58. The Bertz CT molecular complexity index is 450. The van der Waals surface area contributed by atoms with Crippen molar-refractivity contribution in [2.45, 2.75) is 32.2 Å². The maximum Gasteiger partial charge on any atom is 0.247 e. The Labute approximate surface area is 114 Å². The van der Waals surface area contributed by atoms with Gasteiger partial charge in [0.25, 0.3) is 0 Å². The minimum atomic E-state index is -0.136. The monoisotopic (exact) mass is 259 g/mol. The van der Waals surface area contributed by atoms with Gasteiger partial charge in [0.1, 0.15) is 6.04 Å². The van der Waals surface area contributed by atoms with Gasteiger partial charge in [-0.25, -0.2) is 0 Å². The Morgan fingerprint density at radius 3 is 2.53 bits per heavy atom. The van der Waals surface area contributed by atoms with Crippen molar-refractivity contribution in [2.75, 3.05) is 13.1 Å². The zero-order valence-electron chi connectivity index (χ0n) is 11.4. The molecule has 2 aliphatic rings. The number of hydrogen-bond acceptors (Lipinski definition) is 2. The molecule has 1 aromatic heterocycles. The van der Waals surface area contributed by atoms with Gasteiger partial charge in [-0.1, -0.05) is 19.1 Å².